The van der Waals surface area contributed by atoms with E-state index in [4.69, 9.17) is 10.5 Å². The average molecular weight is 445 g/mol. The van der Waals surface area contributed by atoms with Crippen molar-refractivity contribution in [1.29, 1.82) is 0 Å². The van der Waals surface area contributed by atoms with Gasteiger partial charge >= 0.3 is 6.09 Å². The maximum absolute atomic E-state index is 12.4. The molecule has 1 amide bonds. The fourth-order valence-electron chi connectivity index (χ4n) is 4.64. The third-order valence-electron chi connectivity index (χ3n) is 5.95. The molecule has 8 nitrogen and oxygen atoms in total. The Morgan fingerprint density at radius 2 is 2.03 bits per heavy atom. The number of fused-ring (bicyclic) bond motifs is 4. The van der Waals surface area contributed by atoms with Crippen LogP contribution >= 0.6 is 0 Å². The van der Waals surface area contributed by atoms with Crippen LogP contribution in [-0.4, -0.2) is 37.3 Å². The number of nitrogens with one attached hydrogen (secondary N) is 1. The van der Waals surface area contributed by atoms with Crippen molar-refractivity contribution in [2.24, 2.45) is 0 Å². The van der Waals surface area contributed by atoms with E-state index in [1.807, 2.05) is 45.2 Å². The molecule has 3 aromatic heterocycles. The number of anilines is 1. The molecule has 0 radical (unpaired) electrons. The molecule has 0 spiro atoms. The molecule has 170 valence electrons. The summed E-state index contributed by atoms with van der Waals surface area (Å²) in [6.45, 7) is 6.17. The van der Waals surface area contributed by atoms with Crippen LogP contribution < -0.4 is 11.1 Å². The summed E-state index contributed by atoms with van der Waals surface area (Å²) in [5, 5.41) is 4.94. The number of carbonyl (C=O) groups is 1. The van der Waals surface area contributed by atoms with Crippen LogP contribution in [0.2, 0.25) is 0 Å². The van der Waals surface area contributed by atoms with Gasteiger partial charge in [-0.2, -0.15) is 0 Å². The van der Waals surface area contributed by atoms with E-state index < -0.39 is 11.7 Å². The molecule has 8 heteroatoms. The van der Waals surface area contributed by atoms with Crippen molar-refractivity contribution in [1.82, 2.24) is 24.8 Å². The van der Waals surface area contributed by atoms with E-state index in [1.165, 1.54) is 6.33 Å². The van der Waals surface area contributed by atoms with Gasteiger partial charge in [-0.25, -0.2) is 14.8 Å². The standard InChI is InChI=1S/C25H28N6O2/c1-25(2,3)33-24(32)30-17-8-6-10-19-20(16-11-15-7-4-5-9-18(15)27-12-16)21-22(26)28-14-29-23(21)31(19)13-17/h4-5,7,9,11-12,14,17H,6,8,10,13H2,1-3H3,(H,30,32)(H2,26,28,29)/t17-/m1/s1. The lowest BCUT2D eigenvalue weighted by Gasteiger charge is -2.23. The van der Waals surface area contributed by atoms with Crippen LogP contribution in [0.3, 0.4) is 0 Å². The molecule has 5 rings (SSSR count). The second-order valence-corrected chi connectivity index (χ2v) is 9.54. The fraction of sp³-hybridized carbons (Fsp3) is 0.360. The number of hydrogen-bond donors (Lipinski definition) is 2. The molecule has 0 bridgehead atoms. The SMILES string of the molecule is CC(C)(C)OC(=O)N[C@@H]1CCCc2c(-c3cnc4ccccc4c3)c3c(N)ncnc3n2C1. The zero-order chi connectivity index (χ0) is 23.2. The Morgan fingerprint density at radius 3 is 2.85 bits per heavy atom. The Hall–Kier alpha value is -3.68. The van der Waals surface area contributed by atoms with E-state index in [9.17, 15) is 4.79 Å². The van der Waals surface area contributed by atoms with Crippen LogP contribution in [0, 0.1) is 0 Å². The number of benzene rings is 1. The third kappa shape index (κ3) is 4.08. The quantitative estimate of drug-likeness (QED) is 0.473. The highest BCUT2D eigenvalue weighted by atomic mass is 16.6. The molecule has 0 aliphatic carbocycles. The molecule has 33 heavy (non-hydrogen) atoms. The normalized spacial score (nSPS) is 16.4. The van der Waals surface area contributed by atoms with Crippen molar-refractivity contribution in [2.75, 3.05) is 5.73 Å². The summed E-state index contributed by atoms with van der Waals surface area (Å²) in [5.41, 5.74) is 10.7. The van der Waals surface area contributed by atoms with E-state index >= 15 is 0 Å². The van der Waals surface area contributed by atoms with Gasteiger partial charge < -0.3 is 20.4 Å². The van der Waals surface area contributed by atoms with Crippen molar-refractivity contribution >= 4 is 33.8 Å². The fourth-order valence-corrected chi connectivity index (χ4v) is 4.64. The van der Waals surface area contributed by atoms with Gasteiger partial charge in [-0.15, -0.1) is 0 Å². The number of amides is 1. The van der Waals surface area contributed by atoms with E-state index in [0.29, 0.717) is 12.4 Å². The number of nitrogens with zero attached hydrogens (tertiary/aromatic N) is 4. The molecule has 4 heterocycles. The van der Waals surface area contributed by atoms with Gasteiger partial charge in [-0.05, 0) is 52.2 Å². The first-order chi connectivity index (χ1) is 15.8. The Morgan fingerprint density at radius 1 is 1.21 bits per heavy atom. The summed E-state index contributed by atoms with van der Waals surface area (Å²) in [7, 11) is 0. The van der Waals surface area contributed by atoms with Gasteiger partial charge in [0.1, 0.15) is 23.4 Å². The summed E-state index contributed by atoms with van der Waals surface area (Å²) in [6, 6.07) is 10.1. The van der Waals surface area contributed by atoms with Gasteiger partial charge in [0.2, 0.25) is 0 Å². The van der Waals surface area contributed by atoms with Gasteiger partial charge in [0, 0.05) is 34.9 Å². The highest BCUT2D eigenvalue weighted by Crippen LogP contribution is 2.39. The molecule has 1 aromatic carbocycles. The largest absolute Gasteiger partial charge is 0.444 e. The summed E-state index contributed by atoms with van der Waals surface area (Å²) in [5.74, 6) is 0.445. The molecule has 3 N–H and O–H groups in total. The monoisotopic (exact) mass is 444 g/mol. The Balaban J connectivity index is 1.60. The Labute approximate surface area is 192 Å². The topological polar surface area (TPSA) is 108 Å². The molecular weight excluding hydrogens is 416 g/mol. The lowest BCUT2D eigenvalue weighted by molar-refractivity contribution is 0.0497. The minimum atomic E-state index is -0.544. The van der Waals surface area contributed by atoms with Crippen molar-refractivity contribution in [2.45, 2.75) is 58.2 Å². The second-order valence-electron chi connectivity index (χ2n) is 9.54. The number of nitrogens with two attached hydrogens (primary N) is 1. The lowest BCUT2D eigenvalue weighted by atomic mass is 10.00. The van der Waals surface area contributed by atoms with Crippen LogP contribution in [0.25, 0.3) is 33.1 Å². The molecule has 0 saturated heterocycles. The first-order valence-electron chi connectivity index (χ1n) is 11.3. The first kappa shape index (κ1) is 21.2. The number of nitrogen functional groups attached to an aromatic ring is 1. The smallest absolute Gasteiger partial charge is 0.407 e. The Kier molecular flexibility index (Phi) is 5.15. The lowest BCUT2D eigenvalue weighted by Crippen LogP contribution is -2.40. The van der Waals surface area contributed by atoms with Crippen LogP contribution in [0.15, 0.2) is 42.9 Å². The van der Waals surface area contributed by atoms with E-state index in [1.54, 1.807) is 0 Å². The van der Waals surface area contributed by atoms with E-state index in [-0.39, 0.29) is 6.04 Å². The van der Waals surface area contributed by atoms with Crippen molar-refractivity contribution < 1.29 is 9.53 Å². The molecule has 1 aliphatic rings. The average Bonchev–Trinajstić information content (AvgIpc) is 2.92. The number of carbonyl (C=O) groups excluding carboxylic acids is 1. The van der Waals surface area contributed by atoms with E-state index in [2.05, 4.69) is 37.0 Å². The van der Waals surface area contributed by atoms with Crippen molar-refractivity contribution in [3.05, 3.63) is 48.5 Å². The predicted molar refractivity (Wildman–Crippen MR) is 129 cm³/mol. The molecule has 1 atom stereocenters. The van der Waals surface area contributed by atoms with Gasteiger partial charge in [0.25, 0.3) is 0 Å². The maximum Gasteiger partial charge on any atom is 0.407 e. The molecule has 0 fully saturated rings. The second kappa shape index (κ2) is 8.03. The predicted octanol–water partition coefficient (Wildman–Crippen LogP) is 4.46. The first-order valence-corrected chi connectivity index (χ1v) is 11.3. The number of hydrogen-bond acceptors (Lipinski definition) is 6. The minimum Gasteiger partial charge on any atom is -0.444 e. The third-order valence-corrected chi connectivity index (χ3v) is 5.95. The van der Waals surface area contributed by atoms with Gasteiger partial charge in [-0.1, -0.05) is 18.2 Å². The van der Waals surface area contributed by atoms with Gasteiger partial charge in [-0.3, -0.25) is 4.98 Å². The van der Waals surface area contributed by atoms with E-state index in [0.717, 1.165) is 58.0 Å². The van der Waals surface area contributed by atoms with Crippen molar-refractivity contribution in [3.63, 3.8) is 0 Å². The zero-order valence-corrected chi connectivity index (χ0v) is 19.1. The van der Waals surface area contributed by atoms with Crippen LogP contribution in [-0.2, 0) is 17.7 Å². The zero-order valence-electron chi connectivity index (χ0n) is 19.1. The number of alkyl carbamates (subject to hydrolysis) is 1. The number of rotatable bonds is 2. The molecule has 4 aromatic rings. The highest BCUT2D eigenvalue weighted by molar-refractivity contribution is 6.03. The molecular formula is C25H28N6O2. The van der Waals surface area contributed by atoms with Crippen molar-refractivity contribution in [3.8, 4) is 11.1 Å². The van der Waals surface area contributed by atoms with Crippen LogP contribution in [0.5, 0.6) is 0 Å². The highest BCUT2D eigenvalue weighted by Gasteiger charge is 2.28. The molecule has 0 saturated carbocycles. The number of aromatic nitrogens is 4. The minimum absolute atomic E-state index is 0.0736. The van der Waals surface area contributed by atoms with Crippen LogP contribution in [0.4, 0.5) is 10.6 Å². The summed E-state index contributed by atoms with van der Waals surface area (Å²) in [6.07, 6.45) is 5.59. The van der Waals surface area contributed by atoms with Gasteiger partial charge in [0.05, 0.1) is 16.9 Å². The van der Waals surface area contributed by atoms with Gasteiger partial charge in [0.15, 0.2) is 0 Å². The Bertz CT molecular complexity index is 1350. The van der Waals surface area contributed by atoms with Crippen LogP contribution in [0.1, 0.15) is 39.3 Å². The number of para-hydroxylation sites is 1. The number of pyridine rings is 1. The maximum atomic E-state index is 12.4. The summed E-state index contributed by atoms with van der Waals surface area (Å²) >= 11 is 0. The summed E-state index contributed by atoms with van der Waals surface area (Å²) < 4.78 is 7.65. The summed E-state index contributed by atoms with van der Waals surface area (Å²) in [4.78, 5) is 26.0. The molecule has 1 aliphatic heterocycles. The molecule has 0 unspecified atom stereocenters. The number of ether oxygens (including phenoxy) is 1.